The van der Waals surface area contributed by atoms with E-state index in [1.54, 1.807) is 0 Å². The Labute approximate surface area is 292 Å². The van der Waals surface area contributed by atoms with E-state index in [2.05, 4.69) is 183 Å². The number of hydrogen-bond acceptors (Lipinski definition) is 1. The molecule has 2 aliphatic carbocycles. The Hall–Kier alpha value is -6.18. The van der Waals surface area contributed by atoms with Crippen molar-refractivity contribution >= 4 is 10.8 Å². The molecule has 1 nitrogen and oxygen atoms in total. The molecule has 1 aliphatic heterocycles. The predicted octanol–water partition coefficient (Wildman–Crippen LogP) is 12.3. The molecule has 2 atom stereocenters. The first-order chi connectivity index (χ1) is 24.7. The van der Waals surface area contributed by atoms with Crippen molar-refractivity contribution < 1.29 is 4.74 Å². The summed E-state index contributed by atoms with van der Waals surface area (Å²) in [6, 6.07) is 65.1. The van der Waals surface area contributed by atoms with Gasteiger partial charge in [-0.2, -0.15) is 0 Å². The summed E-state index contributed by atoms with van der Waals surface area (Å²) in [5.41, 5.74) is 15.8. The molecule has 0 aromatic heterocycles. The monoisotopic (exact) mass is 636 g/mol. The van der Waals surface area contributed by atoms with E-state index in [1.807, 2.05) is 0 Å². The lowest BCUT2D eigenvalue weighted by molar-refractivity contribution is 0.427. The van der Waals surface area contributed by atoms with Crippen LogP contribution in [0.1, 0.15) is 45.9 Å². The number of benzene rings is 8. The molecule has 0 N–H and O–H groups in total. The lowest BCUT2D eigenvalue weighted by atomic mass is 9.60. The van der Waals surface area contributed by atoms with Crippen LogP contribution >= 0.6 is 0 Å². The first kappa shape index (κ1) is 27.7. The van der Waals surface area contributed by atoms with E-state index in [4.69, 9.17) is 4.74 Å². The molecule has 0 fully saturated rings. The van der Waals surface area contributed by atoms with E-state index < -0.39 is 10.8 Å². The minimum Gasteiger partial charge on any atom is -0.457 e. The minimum atomic E-state index is -0.491. The lowest BCUT2D eigenvalue weighted by Gasteiger charge is -2.41. The summed E-state index contributed by atoms with van der Waals surface area (Å²) >= 11 is 0. The highest BCUT2D eigenvalue weighted by molar-refractivity contribution is 6.08. The van der Waals surface area contributed by atoms with Gasteiger partial charge in [-0.1, -0.05) is 158 Å². The van der Waals surface area contributed by atoms with Crippen LogP contribution in [-0.2, 0) is 10.8 Å². The van der Waals surface area contributed by atoms with Gasteiger partial charge in [-0.25, -0.2) is 0 Å². The molecule has 0 amide bonds. The van der Waals surface area contributed by atoms with Crippen LogP contribution in [0, 0.1) is 0 Å². The van der Waals surface area contributed by atoms with Crippen molar-refractivity contribution in [1.29, 1.82) is 0 Å². The summed E-state index contributed by atoms with van der Waals surface area (Å²) in [6.07, 6.45) is 0. The zero-order valence-electron chi connectivity index (χ0n) is 27.7. The molecule has 0 saturated carbocycles. The van der Waals surface area contributed by atoms with Crippen molar-refractivity contribution in [3.8, 4) is 44.9 Å². The predicted molar refractivity (Wildman–Crippen MR) is 204 cm³/mol. The SMILES string of the molecule is CC1(c2ccccc2)c2ccccc2Oc2ccc(-c3cccc4c3C3(c5ccccc5-4)c4ccccc4-c4cccc5cccc3c45)cc21. The molecule has 11 rings (SSSR count). The highest BCUT2D eigenvalue weighted by Crippen LogP contribution is 2.64. The van der Waals surface area contributed by atoms with Crippen molar-refractivity contribution in [1.82, 2.24) is 0 Å². The topological polar surface area (TPSA) is 9.23 Å². The van der Waals surface area contributed by atoms with Crippen LogP contribution in [0.25, 0.3) is 44.2 Å². The Kier molecular flexibility index (Phi) is 5.51. The maximum absolute atomic E-state index is 6.66. The van der Waals surface area contributed by atoms with Gasteiger partial charge < -0.3 is 4.74 Å². The summed E-state index contributed by atoms with van der Waals surface area (Å²) in [7, 11) is 0. The zero-order valence-corrected chi connectivity index (χ0v) is 27.7. The van der Waals surface area contributed by atoms with Crippen molar-refractivity contribution in [3.63, 3.8) is 0 Å². The maximum atomic E-state index is 6.66. The van der Waals surface area contributed by atoms with Crippen LogP contribution in [0.3, 0.4) is 0 Å². The highest BCUT2D eigenvalue weighted by atomic mass is 16.5. The van der Waals surface area contributed by atoms with Gasteiger partial charge in [-0.3, -0.25) is 0 Å². The van der Waals surface area contributed by atoms with Crippen molar-refractivity contribution in [2.24, 2.45) is 0 Å². The molecule has 8 aromatic carbocycles. The van der Waals surface area contributed by atoms with E-state index in [0.717, 1.165) is 11.5 Å². The van der Waals surface area contributed by atoms with E-state index in [9.17, 15) is 0 Å². The Balaban J connectivity index is 1.25. The molecular formula is C49H32O. The van der Waals surface area contributed by atoms with Crippen LogP contribution in [0.2, 0.25) is 0 Å². The summed E-state index contributed by atoms with van der Waals surface area (Å²) < 4.78 is 6.66. The van der Waals surface area contributed by atoms with Gasteiger partial charge in [-0.15, -0.1) is 0 Å². The minimum absolute atomic E-state index is 0.401. The number of para-hydroxylation sites is 1. The summed E-state index contributed by atoms with van der Waals surface area (Å²) in [4.78, 5) is 0. The molecule has 1 spiro atoms. The summed E-state index contributed by atoms with van der Waals surface area (Å²) in [5, 5.41) is 2.62. The normalized spacial score (nSPS) is 18.8. The molecule has 3 aliphatic rings. The van der Waals surface area contributed by atoms with E-state index in [-0.39, 0.29) is 0 Å². The molecule has 1 heteroatoms. The average molecular weight is 637 g/mol. The van der Waals surface area contributed by atoms with Gasteiger partial charge in [0.15, 0.2) is 0 Å². The van der Waals surface area contributed by atoms with Gasteiger partial charge >= 0.3 is 0 Å². The molecule has 2 unspecified atom stereocenters. The fourth-order valence-corrected chi connectivity index (χ4v) is 9.72. The van der Waals surface area contributed by atoms with Crippen LogP contribution in [0.5, 0.6) is 11.5 Å². The summed E-state index contributed by atoms with van der Waals surface area (Å²) in [5.74, 6) is 1.82. The quantitative estimate of drug-likeness (QED) is 0.183. The molecule has 234 valence electrons. The number of fused-ring (bicyclic) bond motifs is 11. The van der Waals surface area contributed by atoms with Crippen LogP contribution in [0.15, 0.2) is 176 Å². The smallest absolute Gasteiger partial charge is 0.131 e. The maximum Gasteiger partial charge on any atom is 0.131 e. The fourth-order valence-electron chi connectivity index (χ4n) is 9.72. The van der Waals surface area contributed by atoms with Crippen LogP contribution in [0.4, 0.5) is 0 Å². The Morgan fingerprint density at radius 1 is 0.400 bits per heavy atom. The standard InChI is InChI=1S/C49H32O/c1-48(33-16-3-2-4-17-33)41-25-9-10-27-44(41)50-45-29-28-32(30-43(45)48)34-20-13-22-38-36-19-6-8-24-40(36)49(47(34)38)39-23-7-5-18-35(39)37-21-11-14-31-15-12-26-42(49)46(31)37/h2-30H,1H3. The van der Waals surface area contributed by atoms with E-state index in [1.165, 1.54) is 83.1 Å². The second-order valence-electron chi connectivity index (χ2n) is 14.1. The average Bonchev–Trinajstić information content (AvgIpc) is 3.48. The first-order valence-corrected chi connectivity index (χ1v) is 17.5. The third kappa shape index (κ3) is 3.37. The van der Waals surface area contributed by atoms with Gasteiger partial charge in [0.1, 0.15) is 11.5 Å². The van der Waals surface area contributed by atoms with Crippen LogP contribution < -0.4 is 4.74 Å². The van der Waals surface area contributed by atoms with Gasteiger partial charge in [0, 0.05) is 16.5 Å². The zero-order chi connectivity index (χ0) is 33.0. The van der Waals surface area contributed by atoms with Crippen molar-refractivity contribution in [2.75, 3.05) is 0 Å². The summed E-state index contributed by atoms with van der Waals surface area (Å²) in [6.45, 7) is 2.36. The van der Waals surface area contributed by atoms with Crippen molar-refractivity contribution in [2.45, 2.75) is 17.8 Å². The number of ether oxygens (including phenoxy) is 1. The molecule has 8 aromatic rings. The lowest BCUT2D eigenvalue weighted by Crippen LogP contribution is -2.32. The second-order valence-corrected chi connectivity index (χ2v) is 14.1. The van der Waals surface area contributed by atoms with Gasteiger partial charge in [0.25, 0.3) is 0 Å². The van der Waals surface area contributed by atoms with Crippen LogP contribution in [-0.4, -0.2) is 0 Å². The fraction of sp³-hybridized carbons (Fsp3) is 0.0612. The Bertz CT molecular complexity index is 2700. The number of rotatable bonds is 2. The molecule has 50 heavy (non-hydrogen) atoms. The van der Waals surface area contributed by atoms with Gasteiger partial charge in [0.05, 0.1) is 5.41 Å². The van der Waals surface area contributed by atoms with Crippen molar-refractivity contribution in [3.05, 3.63) is 215 Å². The van der Waals surface area contributed by atoms with E-state index >= 15 is 0 Å². The first-order valence-electron chi connectivity index (χ1n) is 17.5. The Morgan fingerprint density at radius 2 is 0.960 bits per heavy atom. The molecule has 0 bridgehead atoms. The van der Waals surface area contributed by atoms with E-state index in [0.29, 0.717) is 0 Å². The number of hydrogen-bond donors (Lipinski definition) is 0. The molecule has 0 saturated heterocycles. The molecular weight excluding hydrogens is 605 g/mol. The highest BCUT2D eigenvalue weighted by Gasteiger charge is 2.51. The Morgan fingerprint density at radius 3 is 1.76 bits per heavy atom. The third-order valence-corrected chi connectivity index (χ3v) is 11.8. The largest absolute Gasteiger partial charge is 0.457 e. The van der Waals surface area contributed by atoms with Gasteiger partial charge in [0.2, 0.25) is 0 Å². The molecule has 0 radical (unpaired) electrons. The third-order valence-electron chi connectivity index (χ3n) is 11.8. The van der Waals surface area contributed by atoms with Gasteiger partial charge in [-0.05, 0) is 97.1 Å². The molecule has 1 heterocycles. The second kappa shape index (κ2) is 9.94.